The highest BCUT2D eigenvalue weighted by atomic mass is 79.9. The minimum atomic E-state index is -0.470. The van der Waals surface area contributed by atoms with E-state index < -0.39 is 5.82 Å². The predicted octanol–water partition coefficient (Wildman–Crippen LogP) is 4.91. The second-order valence-electron chi connectivity index (χ2n) is 3.60. The molecule has 0 aliphatic carbocycles. The lowest BCUT2D eigenvalue weighted by atomic mass is 10.2. The SMILES string of the molecule is Fc1cnc(Cl)nc1-c1cc2cccc(Br)c2s1. The van der Waals surface area contributed by atoms with Gasteiger partial charge in [-0.15, -0.1) is 11.3 Å². The van der Waals surface area contributed by atoms with Crippen molar-refractivity contribution in [2.75, 3.05) is 0 Å². The van der Waals surface area contributed by atoms with Gasteiger partial charge in [-0.3, -0.25) is 0 Å². The molecule has 0 aliphatic heterocycles. The summed E-state index contributed by atoms with van der Waals surface area (Å²) in [6, 6.07) is 7.76. The summed E-state index contributed by atoms with van der Waals surface area (Å²) in [5.41, 5.74) is 0.239. The molecule has 1 aromatic carbocycles. The van der Waals surface area contributed by atoms with E-state index in [1.807, 2.05) is 24.3 Å². The molecule has 18 heavy (non-hydrogen) atoms. The van der Waals surface area contributed by atoms with Crippen molar-refractivity contribution < 1.29 is 4.39 Å². The molecule has 0 amide bonds. The van der Waals surface area contributed by atoms with E-state index in [1.165, 1.54) is 11.3 Å². The second kappa shape index (κ2) is 4.57. The topological polar surface area (TPSA) is 25.8 Å². The molecule has 0 fully saturated rings. The van der Waals surface area contributed by atoms with Gasteiger partial charge in [-0.25, -0.2) is 14.4 Å². The minimum absolute atomic E-state index is 0.0444. The molecule has 3 aromatic rings. The third-order valence-corrected chi connectivity index (χ3v) is 4.74. The molecule has 0 aliphatic rings. The van der Waals surface area contributed by atoms with E-state index in [0.29, 0.717) is 0 Å². The van der Waals surface area contributed by atoms with Gasteiger partial charge in [0.05, 0.1) is 11.1 Å². The smallest absolute Gasteiger partial charge is 0.223 e. The van der Waals surface area contributed by atoms with Crippen LogP contribution in [-0.4, -0.2) is 9.97 Å². The van der Waals surface area contributed by atoms with Crippen molar-refractivity contribution in [2.45, 2.75) is 0 Å². The van der Waals surface area contributed by atoms with Crippen molar-refractivity contribution in [1.82, 2.24) is 9.97 Å². The highest BCUT2D eigenvalue weighted by molar-refractivity contribution is 9.10. The van der Waals surface area contributed by atoms with Crippen LogP contribution >= 0.6 is 38.9 Å². The van der Waals surface area contributed by atoms with Crippen molar-refractivity contribution in [3.05, 3.63) is 46.0 Å². The summed E-state index contributed by atoms with van der Waals surface area (Å²) in [7, 11) is 0. The molecule has 3 rings (SSSR count). The lowest BCUT2D eigenvalue weighted by Crippen LogP contribution is -1.90. The van der Waals surface area contributed by atoms with E-state index in [4.69, 9.17) is 11.6 Å². The summed E-state index contributed by atoms with van der Waals surface area (Å²) in [6.07, 6.45) is 1.09. The van der Waals surface area contributed by atoms with E-state index in [0.717, 1.165) is 25.6 Å². The minimum Gasteiger partial charge on any atom is -0.223 e. The molecule has 2 aromatic heterocycles. The highest BCUT2D eigenvalue weighted by Crippen LogP contribution is 2.37. The van der Waals surface area contributed by atoms with Crippen molar-refractivity contribution in [2.24, 2.45) is 0 Å². The Balaban J connectivity index is 2.26. The van der Waals surface area contributed by atoms with Gasteiger partial charge in [0.15, 0.2) is 5.82 Å². The maximum absolute atomic E-state index is 13.7. The first-order valence-electron chi connectivity index (χ1n) is 5.01. The van der Waals surface area contributed by atoms with Gasteiger partial charge in [0, 0.05) is 9.17 Å². The first-order valence-corrected chi connectivity index (χ1v) is 7.00. The third kappa shape index (κ3) is 2.02. The molecular formula is C12H5BrClFN2S. The monoisotopic (exact) mass is 342 g/mol. The largest absolute Gasteiger partial charge is 0.223 e. The average molecular weight is 344 g/mol. The van der Waals surface area contributed by atoms with E-state index in [1.54, 1.807) is 0 Å². The number of hydrogen-bond acceptors (Lipinski definition) is 3. The molecular weight excluding hydrogens is 339 g/mol. The number of halogens is 3. The highest BCUT2D eigenvalue weighted by Gasteiger charge is 2.13. The van der Waals surface area contributed by atoms with Crippen LogP contribution < -0.4 is 0 Å². The van der Waals surface area contributed by atoms with Gasteiger partial charge in [-0.1, -0.05) is 12.1 Å². The van der Waals surface area contributed by atoms with Crippen LogP contribution in [0.3, 0.4) is 0 Å². The summed E-state index contributed by atoms with van der Waals surface area (Å²) in [5, 5.41) is 1.08. The fraction of sp³-hybridized carbons (Fsp3) is 0. The van der Waals surface area contributed by atoms with Gasteiger partial charge in [0.25, 0.3) is 0 Å². The quantitative estimate of drug-likeness (QED) is 0.587. The van der Waals surface area contributed by atoms with Crippen molar-refractivity contribution in [3.63, 3.8) is 0 Å². The fourth-order valence-corrected chi connectivity index (χ4v) is 3.48. The van der Waals surface area contributed by atoms with Crippen LogP contribution in [0.15, 0.2) is 34.9 Å². The molecule has 0 bridgehead atoms. The van der Waals surface area contributed by atoms with Gasteiger partial charge >= 0.3 is 0 Å². The molecule has 0 spiro atoms. The van der Waals surface area contributed by atoms with Crippen LogP contribution in [0.25, 0.3) is 20.7 Å². The first-order chi connectivity index (χ1) is 8.65. The maximum atomic E-state index is 13.7. The molecule has 0 radical (unpaired) electrons. The van der Waals surface area contributed by atoms with E-state index >= 15 is 0 Å². The number of hydrogen-bond donors (Lipinski definition) is 0. The number of thiophene rings is 1. The predicted molar refractivity (Wildman–Crippen MR) is 75.5 cm³/mol. The lowest BCUT2D eigenvalue weighted by Gasteiger charge is -1.97. The molecule has 90 valence electrons. The van der Waals surface area contributed by atoms with Crippen LogP contribution in [-0.2, 0) is 0 Å². The Bertz CT molecular complexity index is 744. The van der Waals surface area contributed by atoms with Crippen LogP contribution in [0.1, 0.15) is 0 Å². The number of aromatic nitrogens is 2. The number of benzene rings is 1. The average Bonchev–Trinajstić information content (AvgIpc) is 2.77. The Kier molecular flexibility index (Phi) is 3.05. The van der Waals surface area contributed by atoms with Gasteiger partial charge in [-0.05, 0) is 45.0 Å². The standard InChI is InChI=1S/C12H5BrClFN2S/c13-7-3-1-2-6-4-9(18-11(6)7)10-8(15)5-16-12(14)17-10/h1-5H. The molecule has 2 nitrogen and oxygen atoms in total. The molecule has 2 heterocycles. The van der Waals surface area contributed by atoms with Crippen molar-refractivity contribution in [3.8, 4) is 10.6 Å². The van der Waals surface area contributed by atoms with Gasteiger partial charge in [0.1, 0.15) is 5.69 Å². The molecule has 6 heteroatoms. The lowest BCUT2D eigenvalue weighted by molar-refractivity contribution is 0.618. The van der Waals surface area contributed by atoms with E-state index in [-0.39, 0.29) is 11.0 Å². The maximum Gasteiger partial charge on any atom is 0.223 e. The van der Waals surface area contributed by atoms with Crippen molar-refractivity contribution >= 4 is 49.0 Å². The fourth-order valence-electron chi connectivity index (χ4n) is 1.66. The number of fused-ring (bicyclic) bond motifs is 1. The Labute approximate surface area is 120 Å². The Hall–Kier alpha value is -1.04. The van der Waals surface area contributed by atoms with E-state index in [9.17, 15) is 4.39 Å². The first kappa shape index (κ1) is 12.0. The normalized spacial score (nSPS) is 11.1. The second-order valence-corrected chi connectivity index (χ2v) is 5.85. The number of nitrogens with zero attached hydrogens (tertiary/aromatic N) is 2. The summed E-state index contributed by atoms with van der Waals surface area (Å²) < 4.78 is 15.7. The Morgan fingerprint density at radius 1 is 1.33 bits per heavy atom. The zero-order valence-corrected chi connectivity index (χ0v) is 12.0. The van der Waals surface area contributed by atoms with Gasteiger partial charge < -0.3 is 0 Å². The zero-order valence-electron chi connectivity index (χ0n) is 8.82. The molecule has 0 unspecified atom stereocenters. The van der Waals surface area contributed by atoms with Gasteiger partial charge in [-0.2, -0.15) is 0 Å². The Morgan fingerprint density at radius 2 is 2.17 bits per heavy atom. The van der Waals surface area contributed by atoms with Crippen LogP contribution in [0.4, 0.5) is 4.39 Å². The van der Waals surface area contributed by atoms with Gasteiger partial charge in [0.2, 0.25) is 5.28 Å². The summed E-state index contributed by atoms with van der Waals surface area (Å²) in [6.45, 7) is 0. The van der Waals surface area contributed by atoms with Crippen LogP contribution in [0.2, 0.25) is 5.28 Å². The molecule has 0 saturated heterocycles. The van der Waals surface area contributed by atoms with E-state index in [2.05, 4.69) is 25.9 Å². The summed E-state index contributed by atoms with van der Waals surface area (Å²) in [5.74, 6) is -0.470. The molecule has 0 atom stereocenters. The zero-order chi connectivity index (χ0) is 12.7. The summed E-state index contributed by atoms with van der Waals surface area (Å²) in [4.78, 5) is 8.29. The van der Waals surface area contributed by atoms with Crippen molar-refractivity contribution in [1.29, 1.82) is 0 Å². The summed E-state index contributed by atoms with van der Waals surface area (Å²) >= 11 is 10.6. The number of rotatable bonds is 1. The third-order valence-electron chi connectivity index (χ3n) is 2.44. The molecule has 0 N–H and O–H groups in total. The van der Waals surface area contributed by atoms with Crippen LogP contribution in [0, 0.1) is 5.82 Å². The van der Waals surface area contributed by atoms with Crippen LogP contribution in [0.5, 0.6) is 0 Å². The molecule has 0 saturated carbocycles. The Morgan fingerprint density at radius 3 is 2.94 bits per heavy atom.